The maximum absolute atomic E-state index is 11.4. The number of hydrogen-bond acceptors (Lipinski definition) is 4. The van der Waals surface area contributed by atoms with Gasteiger partial charge in [-0.1, -0.05) is 6.07 Å². The van der Waals surface area contributed by atoms with Crippen molar-refractivity contribution in [2.45, 2.75) is 56.8 Å². The number of rotatable bonds is 7. The fourth-order valence-corrected chi connectivity index (χ4v) is 4.55. The second kappa shape index (κ2) is 7.29. The van der Waals surface area contributed by atoms with Crippen molar-refractivity contribution in [3.63, 3.8) is 0 Å². The van der Waals surface area contributed by atoms with Crippen molar-refractivity contribution in [2.24, 2.45) is 0 Å². The third-order valence-corrected chi connectivity index (χ3v) is 6.59. The van der Waals surface area contributed by atoms with E-state index in [1.165, 1.54) is 17.8 Å². The molecule has 3 rings (SSSR count). The predicted octanol–water partition coefficient (Wildman–Crippen LogP) is 3.79. The largest absolute Gasteiger partial charge is 0.744 e. The molecule has 2 aromatic carbocycles. The molecule has 0 aliphatic carbocycles. The minimum Gasteiger partial charge on any atom is -0.744 e. The van der Waals surface area contributed by atoms with Gasteiger partial charge < -0.3 is 9.66 Å². The van der Waals surface area contributed by atoms with E-state index in [2.05, 4.69) is 25.3 Å². The van der Waals surface area contributed by atoms with Crippen molar-refractivity contribution < 1.29 is 27.4 Å². The molecule has 0 fully saturated rings. The Balaban J connectivity index is 1.96. The summed E-state index contributed by atoms with van der Waals surface area (Å²) in [7, 11) is -4.49. The summed E-state index contributed by atoms with van der Waals surface area (Å²) < 4.78 is 36.3. The monoisotopic (exact) mass is 403 g/mol. The van der Waals surface area contributed by atoms with Crippen molar-refractivity contribution in [3.8, 4) is 0 Å². The van der Waals surface area contributed by atoms with Crippen LogP contribution >= 0.6 is 0 Å². The van der Waals surface area contributed by atoms with Crippen molar-refractivity contribution in [1.82, 2.24) is 0 Å². The van der Waals surface area contributed by atoms with E-state index in [4.69, 9.17) is 5.11 Å². The molecule has 2 aromatic rings. The summed E-state index contributed by atoms with van der Waals surface area (Å²) >= 11 is 0. The first kappa shape index (κ1) is 20.5. The highest BCUT2D eigenvalue weighted by molar-refractivity contribution is 7.85. The van der Waals surface area contributed by atoms with Crippen molar-refractivity contribution in [3.05, 3.63) is 35.9 Å². The van der Waals surface area contributed by atoms with E-state index >= 15 is 0 Å². The molecule has 1 aliphatic heterocycles. The number of nitrogens with zero attached hydrogens (tertiary/aromatic N) is 1. The second-order valence-electron chi connectivity index (χ2n) is 7.86. The van der Waals surface area contributed by atoms with E-state index in [-0.39, 0.29) is 16.7 Å². The molecule has 0 amide bonds. The Kier molecular flexibility index (Phi) is 5.34. The number of unbranched alkanes of at least 4 members (excludes halogenated alkanes) is 2. The Morgan fingerprint density at radius 1 is 1.14 bits per heavy atom. The summed E-state index contributed by atoms with van der Waals surface area (Å²) in [6.45, 7) is 7.19. The molecule has 0 radical (unpaired) electrons. The summed E-state index contributed by atoms with van der Waals surface area (Å²) in [5.74, 6) is -0.763. The fourth-order valence-electron chi connectivity index (χ4n) is 4.04. The summed E-state index contributed by atoms with van der Waals surface area (Å²) in [6, 6.07) is 8.39. The van der Waals surface area contributed by atoms with Gasteiger partial charge in [-0.15, -0.1) is 0 Å². The summed E-state index contributed by atoms with van der Waals surface area (Å²) in [6.07, 6.45) is 2.61. The van der Waals surface area contributed by atoms with Crippen LogP contribution in [-0.2, 0) is 20.3 Å². The van der Waals surface area contributed by atoms with Crippen LogP contribution in [0.2, 0.25) is 0 Å². The fraction of sp³-hybridized carbons (Fsp3) is 0.429. The number of benzene rings is 2. The van der Waals surface area contributed by atoms with Crippen LogP contribution in [-0.4, -0.2) is 40.9 Å². The maximum Gasteiger partial charge on any atom is 0.303 e. The van der Waals surface area contributed by atoms with Gasteiger partial charge in [-0.3, -0.25) is 4.79 Å². The Morgan fingerprint density at radius 3 is 2.50 bits per heavy atom. The van der Waals surface area contributed by atoms with Crippen LogP contribution in [0.25, 0.3) is 10.8 Å². The molecule has 0 aromatic heterocycles. The van der Waals surface area contributed by atoms with Crippen LogP contribution in [0.3, 0.4) is 0 Å². The topological polar surface area (TPSA) is 97.5 Å². The zero-order chi connectivity index (χ0) is 20.7. The van der Waals surface area contributed by atoms with Gasteiger partial charge in [0.05, 0.1) is 10.3 Å². The number of fused-ring (bicyclic) bond motifs is 3. The smallest absolute Gasteiger partial charge is 0.303 e. The third-order valence-electron chi connectivity index (χ3n) is 5.76. The van der Waals surface area contributed by atoms with Gasteiger partial charge in [0.15, 0.2) is 5.71 Å². The van der Waals surface area contributed by atoms with Crippen molar-refractivity contribution in [2.75, 3.05) is 6.54 Å². The van der Waals surface area contributed by atoms with Gasteiger partial charge in [-0.25, -0.2) is 8.42 Å². The molecular weight excluding hydrogens is 378 g/mol. The molecular formula is C21H25NO5S. The molecule has 0 unspecified atom stereocenters. The van der Waals surface area contributed by atoms with E-state index in [0.717, 1.165) is 41.4 Å². The van der Waals surface area contributed by atoms with E-state index in [9.17, 15) is 17.8 Å². The van der Waals surface area contributed by atoms with Gasteiger partial charge in [0.2, 0.25) is 5.69 Å². The molecule has 0 bridgehead atoms. The highest BCUT2D eigenvalue weighted by Gasteiger charge is 2.43. The van der Waals surface area contributed by atoms with Gasteiger partial charge in [0.1, 0.15) is 16.7 Å². The molecule has 1 aliphatic rings. The number of carboxylic acids is 1. The first-order chi connectivity index (χ1) is 13.0. The highest BCUT2D eigenvalue weighted by Crippen LogP contribution is 2.44. The summed E-state index contributed by atoms with van der Waals surface area (Å²) in [5, 5.41) is 10.4. The third kappa shape index (κ3) is 3.69. The summed E-state index contributed by atoms with van der Waals surface area (Å²) in [5.41, 5.74) is 3.19. The Labute approximate surface area is 165 Å². The second-order valence-corrected chi connectivity index (χ2v) is 9.24. The molecule has 0 saturated heterocycles. The predicted molar refractivity (Wildman–Crippen MR) is 107 cm³/mol. The number of carboxylic acid groups (broad SMARTS) is 1. The van der Waals surface area contributed by atoms with Crippen molar-refractivity contribution in [1.29, 1.82) is 0 Å². The molecule has 0 atom stereocenters. The minimum atomic E-state index is -4.49. The van der Waals surface area contributed by atoms with Crippen LogP contribution in [0.15, 0.2) is 35.2 Å². The Bertz CT molecular complexity index is 1080. The van der Waals surface area contributed by atoms with Crippen LogP contribution in [0.4, 0.5) is 5.69 Å². The lowest BCUT2D eigenvalue weighted by Crippen LogP contribution is -2.27. The van der Waals surface area contributed by atoms with Gasteiger partial charge in [-0.05, 0) is 55.7 Å². The van der Waals surface area contributed by atoms with Gasteiger partial charge in [0.25, 0.3) is 0 Å². The standard InChI is InChI=1S/C21H25NO5S/c1-14-21(2,3)20-17-10-9-16(28(25,26)27)13-15(17)8-11-18(20)22(14)12-6-4-5-7-19(23)24/h8-11,13H,4-7,12H2,1-3H3,(H-,23,24,25,26,27). The molecule has 1 N–H and O–H groups in total. The first-order valence-corrected chi connectivity index (χ1v) is 10.8. The van der Waals surface area contributed by atoms with E-state index < -0.39 is 16.1 Å². The minimum absolute atomic E-state index is 0.195. The summed E-state index contributed by atoms with van der Waals surface area (Å²) in [4.78, 5) is 10.4. The molecule has 6 nitrogen and oxygen atoms in total. The molecule has 0 spiro atoms. The van der Waals surface area contributed by atoms with Crippen LogP contribution in [0.5, 0.6) is 0 Å². The molecule has 1 heterocycles. The van der Waals surface area contributed by atoms with Crippen LogP contribution in [0, 0.1) is 0 Å². The Morgan fingerprint density at radius 2 is 1.86 bits per heavy atom. The van der Waals surface area contributed by atoms with Gasteiger partial charge in [0, 0.05) is 31.4 Å². The van der Waals surface area contributed by atoms with E-state index in [1.807, 2.05) is 12.1 Å². The average Bonchev–Trinajstić information content (AvgIpc) is 2.80. The first-order valence-electron chi connectivity index (χ1n) is 9.40. The highest BCUT2D eigenvalue weighted by atomic mass is 32.2. The van der Waals surface area contributed by atoms with E-state index in [1.54, 1.807) is 6.07 Å². The van der Waals surface area contributed by atoms with Crippen LogP contribution in [0.1, 0.15) is 52.0 Å². The maximum atomic E-state index is 11.4. The lowest BCUT2D eigenvalue weighted by molar-refractivity contribution is -0.439. The van der Waals surface area contributed by atoms with Crippen LogP contribution < -0.4 is 0 Å². The lowest BCUT2D eigenvalue weighted by atomic mass is 9.80. The van der Waals surface area contributed by atoms with Gasteiger partial charge in [-0.2, -0.15) is 4.58 Å². The van der Waals surface area contributed by atoms with Crippen molar-refractivity contribution >= 4 is 38.3 Å². The molecule has 0 saturated carbocycles. The SMILES string of the molecule is CC1=[N+](CCCCCC(=O)O)c2ccc3cc(S(=O)(=O)[O-])ccc3c2C1(C)C. The molecule has 7 heteroatoms. The number of hydrogen-bond donors (Lipinski definition) is 1. The molecule has 150 valence electrons. The number of aliphatic carboxylic acids is 1. The number of carbonyl (C=O) groups is 1. The zero-order valence-corrected chi connectivity index (χ0v) is 17.2. The lowest BCUT2D eigenvalue weighted by Gasteiger charge is -2.18. The quantitative estimate of drug-likeness (QED) is 0.431. The average molecular weight is 404 g/mol. The molecule has 28 heavy (non-hydrogen) atoms. The van der Waals surface area contributed by atoms with E-state index in [0.29, 0.717) is 6.42 Å². The normalized spacial score (nSPS) is 15.9. The van der Waals surface area contributed by atoms with Gasteiger partial charge >= 0.3 is 5.97 Å². The zero-order valence-electron chi connectivity index (χ0n) is 16.4. The Hall–Kier alpha value is -2.25.